The van der Waals surface area contributed by atoms with Crippen molar-refractivity contribution in [2.24, 2.45) is 5.73 Å². The Morgan fingerprint density at radius 2 is 1.90 bits per heavy atom. The van der Waals surface area contributed by atoms with Gasteiger partial charge in [-0.15, -0.1) is 0 Å². The predicted octanol–water partition coefficient (Wildman–Crippen LogP) is 3.10. The number of nitrogens with zero attached hydrogens (tertiary/aromatic N) is 1. The number of hydrogen-bond donors (Lipinski definition) is 1. The van der Waals surface area contributed by atoms with E-state index in [1.807, 2.05) is 6.92 Å². The number of benzene rings is 1. The van der Waals surface area contributed by atoms with Crippen molar-refractivity contribution in [3.63, 3.8) is 0 Å². The van der Waals surface area contributed by atoms with Crippen molar-refractivity contribution in [3.05, 3.63) is 35.9 Å². The fourth-order valence-corrected chi connectivity index (χ4v) is 2.01. The quantitative estimate of drug-likeness (QED) is 0.841. The van der Waals surface area contributed by atoms with Crippen LogP contribution in [0.4, 0.5) is 13.2 Å². The van der Waals surface area contributed by atoms with Crippen LogP contribution in [0.3, 0.4) is 0 Å². The van der Waals surface area contributed by atoms with Gasteiger partial charge in [0, 0.05) is 6.54 Å². The van der Waals surface area contributed by atoms with Gasteiger partial charge in [0.15, 0.2) is 0 Å². The highest BCUT2D eigenvalue weighted by atomic mass is 19.4. The maximum atomic E-state index is 12.6. The molecule has 0 aromatic heterocycles. The molecule has 1 aromatic carbocycles. The molecular weight excluding hydrogens is 281 g/mol. The van der Waals surface area contributed by atoms with Crippen molar-refractivity contribution in [1.82, 2.24) is 4.90 Å². The van der Waals surface area contributed by atoms with E-state index in [-0.39, 0.29) is 6.54 Å². The van der Waals surface area contributed by atoms with Gasteiger partial charge >= 0.3 is 6.18 Å². The average Bonchev–Trinajstić information content (AvgIpc) is 2.43. The maximum Gasteiger partial charge on any atom is 0.406 e. The zero-order valence-electron chi connectivity index (χ0n) is 12.1. The van der Waals surface area contributed by atoms with Gasteiger partial charge in [0.25, 0.3) is 0 Å². The first-order valence-electron chi connectivity index (χ1n) is 6.98. The van der Waals surface area contributed by atoms with Crippen LogP contribution in [0, 0.1) is 0 Å². The summed E-state index contributed by atoms with van der Waals surface area (Å²) < 4.78 is 37.9. The summed E-state index contributed by atoms with van der Waals surface area (Å²) in [7, 11) is 0. The highest BCUT2D eigenvalue weighted by molar-refractivity contribution is 5.81. The lowest BCUT2D eigenvalue weighted by molar-refractivity contribution is -0.163. The third kappa shape index (κ3) is 6.62. The second kappa shape index (κ2) is 8.02. The normalized spacial score (nSPS) is 13.0. The van der Waals surface area contributed by atoms with Gasteiger partial charge in [0.05, 0.1) is 6.04 Å². The Hall–Kier alpha value is -1.56. The van der Waals surface area contributed by atoms with Gasteiger partial charge in [-0.2, -0.15) is 13.2 Å². The molecule has 1 amide bonds. The molecule has 2 N–H and O–H groups in total. The Morgan fingerprint density at radius 3 is 2.43 bits per heavy atom. The van der Waals surface area contributed by atoms with Crippen LogP contribution in [0.15, 0.2) is 30.3 Å². The van der Waals surface area contributed by atoms with Gasteiger partial charge in [0.1, 0.15) is 6.54 Å². The monoisotopic (exact) mass is 302 g/mol. The second-order valence-electron chi connectivity index (χ2n) is 5.04. The summed E-state index contributed by atoms with van der Waals surface area (Å²) >= 11 is 0. The lowest BCUT2D eigenvalue weighted by Gasteiger charge is -2.26. The molecule has 21 heavy (non-hydrogen) atoms. The van der Waals surface area contributed by atoms with Crippen LogP contribution < -0.4 is 5.73 Å². The molecule has 3 nitrogen and oxygen atoms in total. The van der Waals surface area contributed by atoms with Crippen LogP contribution in [0.1, 0.15) is 31.7 Å². The number of nitrogens with two attached hydrogens (primary N) is 1. The molecule has 0 bridgehead atoms. The Bertz CT molecular complexity index is 434. The van der Waals surface area contributed by atoms with Crippen LogP contribution in [0.25, 0.3) is 0 Å². The van der Waals surface area contributed by atoms with Gasteiger partial charge in [-0.25, -0.2) is 0 Å². The highest BCUT2D eigenvalue weighted by Crippen LogP contribution is 2.19. The molecule has 0 radical (unpaired) electrons. The van der Waals surface area contributed by atoms with E-state index in [0.29, 0.717) is 12.0 Å². The lowest BCUT2D eigenvalue weighted by Crippen LogP contribution is -2.47. The molecule has 118 valence electrons. The van der Waals surface area contributed by atoms with Crippen LogP contribution in [0.5, 0.6) is 0 Å². The van der Waals surface area contributed by atoms with Crippen LogP contribution in [-0.2, 0) is 11.3 Å². The smallest absolute Gasteiger partial charge is 0.328 e. The summed E-state index contributed by atoms with van der Waals surface area (Å²) in [5.74, 6) is -0.648. The van der Waals surface area contributed by atoms with E-state index in [4.69, 9.17) is 5.73 Å². The van der Waals surface area contributed by atoms with Gasteiger partial charge < -0.3 is 10.6 Å². The second-order valence-corrected chi connectivity index (χ2v) is 5.04. The summed E-state index contributed by atoms with van der Waals surface area (Å²) in [6, 6.07) is 7.72. The van der Waals surface area contributed by atoms with Crippen molar-refractivity contribution >= 4 is 5.91 Å². The van der Waals surface area contributed by atoms with E-state index in [1.54, 1.807) is 30.3 Å². The third-order valence-corrected chi connectivity index (χ3v) is 3.08. The number of unbranched alkanes of at least 4 members (excludes halogenated alkanes) is 1. The summed E-state index contributed by atoms with van der Waals surface area (Å²) in [6.45, 7) is 0.578. The Morgan fingerprint density at radius 1 is 1.29 bits per heavy atom. The van der Waals surface area contributed by atoms with E-state index < -0.39 is 24.7 Å². The Kier molecular flexibility index (Phi) is 6.68. The molecule has 6 heteroatoms. The van der Waals surface area contributed by atoms with E-state index in [1.165, 1.54) is 0 Å². The SMILES string of the molecule is CCCC[C@H](N)C(=O)N(Cc1ccccc1)CC(F)(F)F. The standard InChI is InChI=1S/C15H21F3N2O/c1-2-3-9-13(19)14(21)20(11-15(16,17)18)10-12-7-5-4-6-8-12/h4-8,13H,2-3,9-11,19H2,1H3/t13-/m0/s1. The molecule has 1 atom stereocenters. The number of hydrogen-bond acceptors (Lipinski definition) is 2. The minimum absolute atomic E-state index is 0.0843. The molecule has 1 rings (SSSR count). The van der Waals surface area contributed by atoms with Crippen molar-refractivity contribution in [2.45, 2.75) is 44.9 Å². The van der Waals surface area contributed by atoms with Crippen LogP contribution >= 0.6 is 0 Å². The molecule has 0 spiro atoms. The number of alkyl halides is 3. The van der Waals surface area contributed by atoms with E-state index >= 15 is 0 Å². The highest BCUT2D eigenvalue weighted by Gasteiger charge is 2.34. The van der Waals surface area contributed by atoms with Crippen molar-refractivity contribution < 1.29 is 18.0 Å². The lowest BCUT2D eigenvalue weighted by atomic mass is 10.1. The minimum Gasteiger partial charge on any atom is -0.328 e. The molecule has 0 aliphatic heterocycles. The van der Waals surface area contributed by atoms with Crippen molar-refractivity contribution in [2.75, 3.05) is 6.54 Å². The largest absolute Gasteiger partial charge is 0.406 e. The summed E-state index contributed by atoms with van der Waals surface area (Å²) in [5.41, 5.74) is 6.37. The Balaban J connectivity index is 2.79. The number of halogens is 3. The molecule has 0 aliphatic carbocycles. The first-order chi connectivity index (χ1) is 9.83. The Labute approximate surface area is 122 Å². The fourth-order valence-electron chi connectivity index (χ4n) is 2.01. The molecular formula is C15H21F3N2O. The first kappa shape index (κ1) is 17.5. The number of carbonyl (C=O) groups excluding carboxylic acids is 1. The molecule has 0 aliphatic rings. The predicted molar refractivity (Wildman–Crippen MR) is 75.4 cm³/mol. The number of rotatable bonds is 7. The molecule has 0 saturated heterocycles. The van der Waals surface area contributed by atoms with E-state index in [9.17, 15) is 18.0 Å². The molecule has 0 fully saturated rings. The average molecular weight is 302 g/mol. The topological polar surface area (TPSA) is 46.3 Å². The zero-order valence-corrected chi connectivity index (χ0v) is 12.1. The maximum absolute atomic E-state index is 12.6. The van der Waals surface area contributed by atoms with Crippen molar-refractivity contribution in [3.8, 4) is 0 Å². The first-order valence-corrected chi connectivity index (χ1v) is 6.98. The molecule has 0 heterocycles. The number of carbonyl (C=O) groups is 1. The van der Waals surface area contributed by atoms with Gasteiger partial charge in [-0.1, -0.05) is 50.1 Å². The van der Waals surface area contributed by atoms with Gasteiger partial charge in [0.2, 0.25) is 5.91 Å². The summed E-state index contributed by atoms with van der Waals surface area (Å²) in [4.78, 5) is 12.9. The van der Waals surface area contributed by atoms with Gasteiger partial charge in [-0.05, 0) is 12.0 Å². The van der Waals surface area contributed by atoms with Crippen LogP contribution in [-0.4, -0.2) is 29.6 Å². The third-order valence-electron chi connectivity index (χ3n) is 3.08. The number of amides is 1. The molecule has 0 unspecified atom stereocenters. The van der Waals surface area contributed by atoms with E-state index in [2.05, 4.69) is 0 Å². The van der Waals surface area contributed by atoms with E-state index in [0.717, 1.165) is 17.7 Å². The summed E-state index contributed by atoms with van der Waals surface area (Å²) in [6.07, 6.45) is -2.47. The minimum atomic E-state index is -4.44. The molecule has 0 saturated carbocycles. The van der Waals surface area contributed by atoms with Crippen LogP contribution in [0.2, 0.25) is 0 Å². The molecule has 1 aromatic rings. The zero-order chi connectivity index (χ0) is 15.9. The summed E-state index contributed by atoms with van der Waals surface area (Å²) in [5, 5.41) is 0. The van der Waals surface area contributed by atoms with Gasteiger partial charge in [-0.3, -0.25) is 4.79 Å². The van der Waals surface area contributed by atoms with Crippen molar-refractivity contribution in [1.29, 1.82) is 0 Å². The fraction of sp³-hybridized carbons (Fsp3) is 0.533.